The first-order chi connectivity index (χ1) is 6.65. The quantitative estimate of drug-likeness (QED) is 0.721. The van der Waals surface area contributed by atoms with E-state index in [-0.39, 0.29) is 5.88 Å². The smallest absolute Gasteiger partial charge is 0.207 e. The standard InChI is InChI=1S/C8H7N3OS2/c1-4-2-5(11-10-4)3-6-7(12)9-8(13)14-6/h2-3,12H,1H3,(H,9,13). The topological polar surface area (TPSA) is 60.7 Å². The van der Waals surface area contributed by atoms with E-state index in [2.05, 4.69) is 15.2 Å². The van der Waals surface area contributed by atoms with E-state index in [0.29, 0.717) is 8.83 Å². The number of hydrogen-bond acceptors (Lipinski definition) is 5. The Bertz CT molecular complexity index is 507. The fraction of sp³-hybridized carbons (Fsp3) is 0.125. The number of thiazole rings is 1. The number of nitrogens with one attached hydrogen (secondary N) is 1. The molecule has 0 saturated heterocycles. The van der Waals surface area contributed by atoms with Gasteiger partial charge in [-0.2, -0.15) is 10.2 Å². The van der Waals surface area contributed by atoms with E-state index in [1.807, 2.05) is 13.0 Å². The summed E-state index contributed by atoms with van der Waals surface area (Å²) in [5.74, 6) is 0.0839. The first-order valence-electron chi connectivity index (χ1n) is 3.89. The highest BCUT2D eigenvalue weighted by Crippen LogP contribution is 2.26. The van der Waals surface area contributed by atoms with Gasteiger partial charge in [0.1, 0.15) is 0 Å². The second-order valence-corrected chi connectivity index (χ2v) is 4.50. The first-order valence-corrected chi connectivity index (χ1v) is 5.11. The van der Waals surface area contributed by atoms with Crippen LogP contribution in [0, 0.1) is 3.95 Å². The molecule has 0 aliphatic carbocycles. The van der Waals surface area contributed by atoms with Crippen LogP contribution < -0.4 is 0 Å². The Kier molecular flexibility index (Phi) is 2.30. The first kappa shape index (κ1) is 9.29. The molecule has 1 aliphatic heterocycles. The van der Waals surface area contributed by atoms with Crippen LogP contribution in [0.5, 0.6) is 5.88 Å². The van der Waals surface area contributed by atoms with Crippen molar-refractivity contribution in [3.63, 3.8) is 0 Å². The molecule has 0 unspecified atom stereocenters. The fourth-order valence-electron chi connectivity index (χ4n) is 1.04. The normalized spacial score (nSPS) is 17.8. The molecule has 0 spiro atoms. The minimum absolute atomic E-state index is 0.0839. The average Bonchev–Trinajstić information content (AvgIpc) is 2.61. The number of aromatic hydroxyl groups is 1. The molecule has 0 radical (unpaired) electrons. The summed E-state index contributed by atoms with van der Waals surface area (Å²) in [6.45, 7) is 1.86. The maximum Gasteiger partial charge on any atom is 0.207 e. The second-order valence-electron chi connectivity index (χ2n) is 2.78. The Morgan fingerprint density at radius 2 is 2.36 bits per heavy atom. The predicted molar refractivity (Wildman–Crippen MR) is 57.8 cm³/mol. The molecule has 2 N–H and O–H groups in total. The number of nitrogens with zero attached hydrogens (tertiary/aromatic N) is 2. The molecule has 6 heteroatoms. The maximum absolute atomic E-state index is 9.41. The molecule has 0 amide bonds. The summed E-state index contributed by atoms with van der Waals surface area (Å²) in [6.07, 6.45) is 3.58. The zero-order valence-corrected chi connectivity index (χ0v) is 8.95. The van der Waals surface area contributed by atoms with Crippen molar-refractivity contribution < 1.29 is 5.11 Å². The highest BCUT2D eigenvalue weighted by Gasteiger charge is 2.05. The van der Waals surface area contributed by atoms with Crippen LogP contribution in [0.2, 0.25) is 0 Å². The molecule has 0 saturated carbocycles. The Labute approximate surface area is 89.3 Å². The van der Waals surface area contributed by atoms with E-state index in [0.717, 1.165) is 11.4 Å². The Morgan fingerprint density at radius 1 is 1.57 bits per heavy atom. The third-order valence-corrected chi connectivity index (χ3v) is 2.79. The van der Waals surface area contributed by atoms with E-state index in [9.17, 15) is 5.11 Å². The minimum Gasteiger partial charge on any atom is -0.494 e. The van der Waals surface area contributed by atoms with E-state index < -0.39 is 0 Å². The number of allylic oxidation sites excluding steroid dienone is 2. The fourth-order valence-corrected chi connectivity index (χ4v) is 2.08. The van der Waals surface area contributed by atoms with Gasteiger partial charge in [-0.05, 0) is 31.3 Å². The summed E-state index contributed by atoms with van der Waals surface area (Å²) in [6, 6.07) is 0. The van der Waals surface area contributed by atoms with E-state index >= 15 is 0 Å². The summed E-state index contributed by atoms with van der Waals surface area (Å²) >= 11 is 6.19. The number of azo groups is 1. The summed E-state index contributed by atoms with van der Waals surface area (Å²) < 4.78 is 0.546. The van der Waals surface area contributed by atoms with Crippen LogP contribution in [0.1, 0.15) is 11.8 Å². The SMILES string of the molecule is CC1=CC(=Cc2sc(=S)[nH]c2O)N=N1. The number of hydrogen-bond donors (Lipinski definition) is 2. The van der Waals surface area contributed by atoms with Crippen LogP contribution in [-0.4, -0.2) is 10.1 Å². The summed E-state index contributed by atoms with van der Waals surface area (Å²) in [7, 11) is 0. The summed E-state index contributed by atoms with van der Waals surface area (Å²) in [4.78, 5) is 3.32. The molecule has 2 heterocycles. The summed E-state index contributed by atoms with van der Waals surface area (Å²) in [5, 5.41) is 17.2. The van der Waals surface area contributed by atoms with Crippen LogP contribution in [0.15, 0.2) is 27.7 Å². The molecule has 4 nitrogen and oxygen atoms in total. The number of aromatic nitrogens is 1. The van der Waals surface area contributed by atoms with Crippen molar-refractivity contribution in [3.05, 3.63) is 26.3 Å². The van der Waals surface area contributed by atoms with Crippen molar-refractivity contribution >= 4 is 29.6 Å². The lowest BCUT2D eigenvalue weighted by Gasteiger charge is -1.87. The van der Waals surface area contributed by atoms with Crippen LogP contribution >= 0.6 is 23.6 Å². The van der Waals surface area contributed by atoms with Crippen molar-refractivity contribution in [1.29, 1.82) is 0 Å². The monoisotopic (exact) mass is 225 g/mol. The van der Waals surface area contributed by atoms with Gasteiger partial charge in [-0.15, -0.1) is 11.3 Å². The molecule has 14 heavy (non-hydrogen) atoms. The molecule has 1 aromatic rings. The highest BCUT2D eigenvalue weighted by molar-refractivity contribution is 7.73. The van der Waals surface area contributed by atoms with Gasteiger partial charge in [0.05, 0.1) is 16.3 Å². The highest BCUT2D eigenvalue weighted by atomic mass is 32.1. The van der Waals surface area contributed by atoms with Gasteiger partial charge < -0.3 is 10.1 Å². The van der Waals surface area contributed by atoms with Crippen LogP contribution in [0.3, 0.4) is 0 Å². The van der Waals surface area contributed by atoms with E-state index in [1.165, 1.54) is 11.3 Å². The van der Waals surface area contributed by atoms with Crippen LogP contribution in [0.4, 0.5) is 0 Å². The molecule has 1 aliphatic rings. The zero-order valence-electron chi connectivity index (χ0n) is 7.31. The molecule has 0 aromatic carbocycles. The van der Waals surface area contributed by atoms with Crippen LogP contribution in [-0.2, 0) is 0 Å². The molecule has 0 atom stereocenters. The van der Waals surface area contributed by atoms with Gasteiger partial charge in [0.2, 0.25) is 5.88 Å². The van der Waals surface area contributed by atoms with Gasteiger partial charge in [-0.1, -0.05) is 0 Å². The average molecular weight is 225 g/mol. The predicted octanol–water partition coefficient (Wildman–Crippen LogP) is 3.22. The van der Waals surface area contributed by atoms with Crippen molar-refractivity contribution in [2.45, 2.75) is 6.92 Å². The second kappa shape index (κ2) is 3.47. The number of H-pyrrole nitrogens is 1. The van der Waals surface area contributed by atoms with E-state index in [4.69, 9.17) is 12.2 Å². The van der Waals surface area contributed by atoms with Crippen LogP contribution in [0.25, 0.3) is 6.08 Å². The molecular formula is C8H7N3OS2. The molecular weight excluding hydrogens is 218 g/mol. The Morgan fingerprint density at radius 3 is 2.86 bits per heavy atom. The number of aromatic amines is 1. The van der Waals surface area contributed by atoms with Gasteiger partial charge in [-0.3, -0.25) is 0 Å². The van der Waals surface area contributed by atoms with E-state index in [1.54, 1.807) is 6.08 Å². The molecule has 0 bridgehead atoms. The lowest BCUT2D eigenvalue weighted by Crippen LogP contribution is -1.69. The number of rotatable bonds is 1. The van der Waals surface area contributed by atoms with Gasteiger partial charge in [0.15, 0.2) is 3.95 Å². The van der Waals surface area contributed by atoms with Gasteiger partial charge in [0, 0.05) is 0 Å². The Balaban J connectivity index is 2.40. The lowest BCUT2D eigenvalue weighted by atomic mass is 10.3. The Hall–Kier alpha value is -1.27. The lowest BCUT2D eigenvalue weighted by molar-refractivity contribution is 0.456. The van der Waals surface area contributed by atoms with Gasteiger partial charge in [0.25, 0.3) is 0 Å². The van der Waals surface area contributed by atoms with Crippen molar-refractivity contribution in [2.75, 3.05) is 0 Å². The van der Waals surface area contributed by atoms with Gasteiger partial charge in [-0.25, -0.2) is 0 Å². The molecule has 1 aromatic heterocycles. The van der Waals surface area contributed by atoms with Crippen molar-refractivity contribution in [1.82, 2.24) is 4.98 Å². The molecule has 0 fully saturated rings. The largest absolute Gasteiger partial charge is 0.494 e. The molecule has 72 valence electrons. The van der Waals surface area contributed by atoms with Gasteiger partial charge >= 0.3 is 0 Å². The van der Waals surface area contributed by atoms with Crippen molar-refractivity contribution in [3.8, 4) is 5.88 Å². The minimum atomic E-state index is 0.0839. The third-order valence-electron chi connectivity index (χ3n) is 1.62. The van der Waals surface area contributed by atoms with Crippen molar-refractivity contribution in [2.24, 2.45) is 10.2 Å². The summed E-state index contributed by atoms with van der Waals surface area (Å²) in [5.41, 5.74) is 1.58. The maximum atomic E-state index is 9.41. The third kappa shape index (κ3) is 1.80. The zero-order chi connectivity index (χ0) is 10.1. The molecule has 2 rings (SSSR count).